The van der Waals surface area contributed by atoms with Crippen LogP contribution in [0, 0.1) is 0 Å². The third-order valence-electron chi connectivity index (χ3n) is 6.75. The van der Waals surface area contributed by atoms with Crippen LogP contribution in [0.2, 0.25) is 0 Å². The van der Waals surface area contributed by atoms with Gasteiger partial charge in [-0.25, -0.2) is 3.97 Å². The Morgan fingerprint density at radius 1 is 0.976 bits per heavy atom. The van der Waals surface area contributed by atoms with E-state index in [9.17, 15) is 18.0 Å². The summed E-state index contributed by atoms with van der Waals surface area (Å²) >= 11 is 0. The number of hydrogen-bond acceptors (Lipinski definition) is 8. The molecule has 3 rings (SSSR count). The average molecular weight is 602 g/mol. The number of nitrogens with zero attached hydrogens (tertiary/aromatic N) is 3. The van der Waals surface area contributed by atoms with Gasteiger partial charge in [-0.3, -0.25) is 9.59 Å². The van der Waals surface area contributed by atoms with Crippen molar-refractivity contribution in [2.24, 2.45) is 0 Å². The van der Waals surface area contributed by atoms with Gasteiger partial charge in [0.1, 0.15) is 5.70 Å². The molecule has 228 valence electrons. The second kappa shape index (κ2) is 14.2. The van der Waals surface area contributed by atoms with Crippen molar-refractivity contribution in [3.05, 3.63) is 59.4 Å². The second-order valence-corrected chi connectivity index (χ2v) is 11.4. The maximum atomic E-state index is 13.5. The highest BCUT2D eigenvalue weighted by Gasteiger charge is 2.23. The lowest BCUT2D eigenvalue weighted by Crippen LogP contribution is -2.39. The van der Waals surface area contributed by atoms with Crippen molar-refractivity contribution in [2.45, 2.75) is 13.8 Å². The summed E-state index contributed by atoms with van der Waals surface area (Å²) in [5, 5.41) is 6.14. The average Bonchev–Trinajstić information content (AvgIpc) is 3.36. The highest BCUT2D eigenvalue weighted by atomic mass is 32.2. The summed E-state index contributed by atoms with van der Waals surface area (Å²) in [6.45, 7) is 6.68. The minimum atomic E-state index is -3.87. The maximum Gasteiger partial charge on any atom is 0.307 e. The zero-order chi connectivity index (χ0) is 31.0. The smallest absolute Gasteiger partial charge is 0.307 e. The number of hydrogen-bond donors (Lipinski definition) is 2. The summed E-state index contributed by atoms with van der Waals surface area (Å²) in [5.41, 5.74) is 0.937. The third-order valence-corrected chi connectivity index (χ3v) is 8.47. The van der Waals surface area contributed by atoms with E-state index in [1.54, 1.807) is 24.3 Å². The molecule has 13 heteroatoms. The standard InChI is InChI=1S/C29H39N5O7S/c1-8-33(9-2)15-14-30-29(36)23(31-28(35)20-17-25(39-5)27(41-7)26(18-20)40-6)16-21-19-34(42(37,38)32(3)4)24-13-11-10-12-22(21)24/h10-13,16-19H,8-9,14-15H2,1-7H3,(H,30,36)(H,31,35). The summed E-state index contributed by atoms with van der Waals surface area (Å²) in [4.78, 5) is 29.1. The first kappa shape index (κ1) is 32.4. The number of methoxy groups -OCH3 is 3. The molecule has 0 aliphatic rings. The van der Waals surface area contributed by atoms with Crippen LogP contribution in [-0.4, -0.2) is 95.0 Å². The van der Waals surface area contributed by atoms with Crippen LogP contribution in [0.1, 0.15) is 29.8 Å². The molecule has 0 unspecified atom stereocenters. The van der Waals surface area contributed by atoms with E-state index in [0.29, 0.717) is 35.3 Å². The molecule has 12 nitrogen and oxygen atoms in total. The predicted octanol–water partition coefficient (Wildman–Crippen LogP) is 2.55. The van der Waals surface area contributed by atoms with Gasteiger partial charge in [-0.1, -0.05) is 32.0 Å². The maximum absolute atomic E-state index is 13.5. The SMILES string of the molecule is CCN(CC)CCNC(=O)C(=Cc1cn(S(=O)(=O)N(C)C)c2ccccc12)NC(=O)c1cc(OC)c(OC)c(OC)c1. The van der Waals surface area contributed by atoms with Gasteiger partial charge in [0, 0.05) is 49.9 Å². The monoisotopic (exact) mass is 601 g/mol. The molecule has 0 radical (unpaired) electrons. The van der Waals surface area contributed by atoms with Gasteiger partial charge in [0.05, 0.1) is 26.8 Å². The van der Waals surface area contributed by atoms with Crippen LogP contribution in [0.25, 0.3) is 17.0 Å². The molecule has 0 aliphatic heterocycles. The molecule has 1 aromatic heterocycles. The second-order valence-electron chi connectivity index (χ2n) is 9.40. The quantitative estimate of drug-likeness (QED) is 0.270. The van der Waals surface area contributed by atoms with Crippen molar-refractivity contribution in [3.63, 3.8) is 0 Å². The Morgan fingerprint density at radius 2 is 1.60 bits per heavy atom. The van der Waals surface area contributed by atoms with Crippen LogP contribution < -0.4 is 24.8 Å². The first-order valence-corrected chi connectivity index (χ1v) is 14.8. The highest BCUT2D eigenvalue weighted by Crippen LogP contribution is 2.38. The molecule has 2 aromatic carbocycles. The normalized spacial score (nSPS) is 12.1. The third kappa shape index (κ3) is 7.04. The number of fused-ring (bicyclic) bond motifs is 1. The lowest BCUT2D eigenvalue weighted by molar-refractivity contribution is -0.117. The highest BCUT2D eigenvalue weighted by molar-refractivity contribution is 7.87. The molecule has 0 atom stereocenters. The Bertz CT molecular complexity index is 1530. The lowest BCUT2D eigenvalue weighted by Gasteiger charge is -2.18. The number of para-hydroxylation sites is 1. The largest absolute Gasteiger partial charge is 0.493 e. The number of aromatic nitrogens is 1. The zero-order valence-corrected chi connectivity index (χ0v) is 25.9. The van der Waals surface area contributed by atoms with E-state index in [1.807, 2.05) is 13.8 Å². The summed E-state index contributed by atoms with van der Waals surface area (Å²) in [6, 6.07) is 9.87. The Balaban J connectivity index is 2.09. The van der Waals surface area contributed by atoms with E-state index in [-0.39, 0.29) is 22.8 Å². The van der Waals surface area contributed by atoms with E-state index in [2.05, 4.69) is 15.5 Å². The van der Waals surface area contributed by atoms with Crippen LogP contribution in [0.3, 0.4) is 0 Å². The van der Waals surface area contributed by atoms with Crippen LogP contribution >= 0.6 is 0 Å². The number of ether oxygens (including phenoxy) is 3. The van der Waals surface area contributed by atoms with Crippen molar-refractivity contribution in [1.29, 1.82) is 0 Å². The number of benzene rings is 2. The topological polar surface area (TPSA) is 131 Å². The fraction of sp³-hybridized carbons (Fsp3) is 0.379. The van der Waals surface area contributed by atoms with E-state index < -0.39 is 22.0 Å². The van der Waals surface area contributed by atoms with E-state index >= 15 is 0 Å². The van der Waals surface area contributed by atoms with Crippen molar-refractivity contribution < 1.29 is 32.2 Å². The molecule has 42 heavy (non-hydrogen) atoms. The molecule has 0 saturated heterocycles. The predicted molar refractivity (Wildman–Crippen MR) is 162 cm³/mol. The molecule has 3 aromatic rings. The molecule has 2 amide bonds. The van der Waals surface area contributed by atoms with E-state index in [0.717, 1.165) is 21.4 Å². The van der Waals surface area contributed by atoms with Gasteiger partial charge in [-0.2, -0.15) is 12.7 Å². The molecular weight excluding hydrogens is 562 g/mol. The van der Waals surface area contributed by atoms with Crippen LogP contribution in [0.5, 0.6) is 17.2 Å². The Labute approximate surface area is 247 Å². The molecule has 0 bridgehead atoms. The minimum absolute atomic E-state index is 0.0709. The number of rotatable bonds is 14. The molecule has 0 saturated carbocycles. The number of carbonyl (C=O) groups is 2. The van der Waals surface area contributed by atoms with Gasteiger partial charge in [-0.15, -0.1) is 0 Å². The molecule has 1 heterocycles. The summed E-state index contributed by atoms with van der Waals surface area (Å²) in [5.74, 6) is -0.281. The van der Waals surface area contributed by atoms with Gasteiger partial charge in [0.25, 0.3) is 11.8 Å². The van der Waals surface area contributed by atoms with E-state index in [4.69, 9.17) is 14.2 Å². The molecule has 0 fully saturated rings. The molecule has 0 spiro atoms. The van der Waals surface area contributed by atoms with Crippen molar-refractivity contribution >= 4 is 39.0 Å². The first-order valence-electron chi connectivity index (χ1n) is 13.4. The summed E-state index contributed by atoms with van der Waals surface area (Å²) in [7, 11) is 3.33. The van der Waals surface area contributed by atoms with Gasteiger partial charge in [-0.05, 0) is 37.4 Å². The Kier molecular flexibility index (Phi) is 11.0. The van der Waals surface area contributed by atoms with Crippen molar-refractivity contribution in [1.82, 2.24) is 23.8 Å². The first-order chi connectivity index (χ1) is 20.0. The zero-order valence-electron chi connectivity index (χ0n) is 25.1. The fourth-order valence-corrected chi connectivity index (χ4v) is 5.35. The Hall–Kier alpha value is -4.07. The summed E-state index contributed by atoms with van der Waals surface area (Å²) in [6.07, 6.45) is 2.89. The van der Waals surface area contributed by atoms with Gasteiger partial charge >= 0.3 is 10.2 Å². The number of nitrogens with one attached hydrogen (secondary N) is 2. The van der Waals surface area contributed by atoms with Crippen LogP contribution in [0.15, 0.2) is 48.3 Å². The lowest BCUT2D eigenvalue weighted by atomic mass is 10.1. The molecular formula is C29H39N5O7S. The number of carbonyl (C=O) groups excluding carboxylic acids is 2. The fourth-order valence-electron chi connectivity index (χ4n) is 4.34. The molecule has 0 aliphatic carbocycles. The van der Waals surface area contributed by atoms with Crippen molar-refractivity contribution in [3.8, 4) is 17.2 Å². The minimum Gasteiger partial charge on any atom is -0.493 e. The molecule has 2 N–H and O–H groups in total. The van der Waals surface area contributed by atoms with Crippen LogP contribution in [0.4, 0.5) is 0 Å². The number of amides is 2. The number of likely N-dealkylation sites (N-methyl/N-ethyl adjacent to an activating group) is 1. The van der Waals surface area contributed by atoms with E-state index in [1.165, 1.54) is 59.8 Å². The van der Waals surface area contributed by atoms with Crippen molar-refractivity contribution in [2.75, 3.05) is 61.6 Å². The van der Waals surface area contributed by atoms with Gasteiger partial charge in [0.2, 0.25) is 5.75 Å². The van der Waals surface area contributed by atoms with Gasteiger partial charge in [0.15, 0.2) is 11.5 Å². The Morgan fingerprint density at radius 3 is 2.14 bits per heavy atom. The van der Waals surface area contributed by atoms with Crippen LogP contribution in [-0.2, 0) is 15.0 Å². The summed E-state index contributed by atoms with van der Waals surface area (Å²) < 4.78 is 44.4. The van der Waals surface area contributed by atoms with Gasteiger partial charge < -0.3 is 29.7 Å².